The van der Waals surface area contributed by atoms with E-state index in [9.17, 15) is 4.79 Å². The number of para-hydroxylation sites is 1. The fourth-order valence-electron chi connectivity index (χ4n) is 2.00. The number of benzene rings is 2. The Morgan fingerprint density at radius 2 is 1.70 bits per heavy atom. The number of fused-ring (bicyclic) bond motifs is 1. The highest BCUT2D eigenvalue weighted by Crippen LogP contribution is 2.22. The van der Waals surface area contributed by atoms with E-state index in [4.69, 9.17) is 5.73 Å². The molecule has 4 nitrogen and oxygen atoms in total. The second-order valence-corrected chi connectivity index (χ2v) is 4.44. The lowest BCUT2D eigenvalue weighted by atomic mass is 10.2. The van der Waals surface area contributed by atoms with Crippen LogP contribution in [-0.4, -0.2) is 10.9 Å². The van der Waals surface area contributed by atoms with Gasteiger partial charge in [-0.2, -0.15) is 0 Å². The summed E-state index contributed by atoms with van der Waals surface area (Å²) in [5, 5.41) is 3.69. The first-order valence-electron chi connectivity index (χ1n) is 6.26. The van der Waals surface area contributed by atoms with E-state index in [1.165, 1.54) is 0 Å². The van der Waals surface area contributed by atoms with Gasteiger partial charge in [-0.05, 0) is 24.3 Å². The number of rotatable bonds is 2. The summed E-state index contributed by atoms with van der Waals surface area (Å²) in [4.78, 5) is 16.5. The molecule has 2 aromatic carbocycles. The molecule has 3 rings (SSSR count). The van der Waals surface area contributed by atoms with Crippen molar-refractivity contribution in [3.05, 3.63) is 66.2 Å². The van der Waals surface area contributed by atoms with Crippen molar-refractivity contribution in [1.82, 2.24) is 4.98 Å². The fourth-order valence-corrected chi connectivity index (χ4v) is 2.00. The Kier molecular flexibility index (Phi) is 3.05. The number of nitrogens with two attached hydrogens (primary N) is 1. The first kappa shape index (κ1) is 12.2. The van der Waals surface area contributed by atoms with Gasteiger partial charge in [0.1, 0.15) is 0 Å². The number of carbonyl (C=O) groups excluding carboxylic acids is 1. The minimum atomic E-state index is -0.222. The van der Waals surface area contributed by atoms with Crippen LogP contribution >= 0.6 is 0 Å². The summed E-state index contributed by atoms with van der Waals surface area (Å²) in [6.45, 7) is 0. The molecule has 0 fully saturated rings. The van der Waals surface area contributed by atoms with E-state index in [-0.39, 0.29) is 5.91 Å². The molecule has 0 spiro atoms. The van der Waals surface area contributed by atoms with Gasteiger partial charge < -0.3 is 11.1 Å². The lowest BCUT2D eigenvalue weighted by Gasteiger charge is -2.08. The molecule has 4 heteroatoms. The van der Waals surface area contributed by atoms with Crippen LogP contribution in [0.15, 0.2) is 60.7 Å². The number of hydrogen-bond acceptors (Lipinski definition) is 3. The summed E-state index contributed by atoms with van der Waals surface area (Å²) in [7, 11) is 0. The normalized spacial score (nSPS) is 10.4. The van der Waals surface area contributed by atoms with Gasteiger partial charge in [0.05, 0.1) is 11.2 Å². The topological polar surface area (TPSA) is 68.0 Å². The molecule has 0 aliphatic rings. The molecule has 0 radical (unpaired) electrons. The van der Waals surface area contributed by atoms with Crippen LogP contribution < -0.4 is 11.1 Å². The van der Waals surface area contributed by atoms with Crippen molar-refractivity contribution < 1.29 is 4.79 Å². The molecule has 0 atom stereocenters. The summed E-state index contributed by atoms with van der Waals surface area (Å²) in [6.07, 6.45) is 0. The summed E-state index contributed by atoms with van der Waals surface area (Å²) >= 11 is 0. The van der Waals surface area contributed by atoms with E-state index >= 15 is 0 Å². The van der Waals surface area contributed by atoms with Gasteiger partial charge in [-0.1, -0.05) is 36.4 Å². The van der Waals surface area contributed by atoms with Crippen molar-refractivity contribution in [3.63, 3.8) is 0 Å². The van der Waals surface area contributed by atoms with Crippen molar-refractivity contribution in [2.24, 2.45) is 0 Å². The minimum Gasteiger partial charge on any atom is -0.396 e. The Morgan fingerprint density at radius 1 is 1.00 bits per heavy atom. The molecule has 1 aromatic heterocycles. The van der Waals surface area contributed by atoms with Crippen molar-refractivity contribution >= 4 is 28.3 Å². The lowest BCUT2D eigenvalue weighted by Crippen LogP contribution is -2.14. The van der Waals surface area contributed by atoms with Crippen LogP contribution in [0, 0.1) is 0 Å². The van der Waals surface area contributed by atoms with Gasteiger partial charge in [0.2, 0.25) is 0 Å². The number of nitrogens with zero attached hydrogens (tertiary/aromatic N) is 1. The molecule has 0 saturated carbocycles. The maximum absolute atomic E-state index is 12.1. The molecule has 0 aliphatic heterocycles. The van der Waals surface area contributed by atoms with E-state index in [1.807, 2.05) is 48.5 Å². The maximum atomic E-state index is 12.1. The number of carbonyl (C=O) groups is 1. The zero-order chi connectivity index (χ0) is 13.9. The van der Waals surface area contributed by atoms with E-state index in [0.717, 1.165) is 10.9 Å². The second-order valence-electron chi connectivity index (χ2n) is 4.44. The molecule has 1 heterocycles. The standard InChI is InChI=1S/C16H13N3O/c17-13-10-12-8-4-5-9-14(12)18-15(13)19-16(20)11-6-2-1-3-7-11/h1-10H,17H2,(H,18,19,20). The second kappa shape index (κ2) is 5.01. The molecule has 1 amide bonds. The molecule has 3 aromatic rings. The van der Waals surface area contributed by atoms with Crippen molar-refractivity contribution in [1.29, 1.82) is 0 Å². The molecule has 98 valence electrons. The van der Waals surface area contributed by atoms with Crippen molar-refractivity contribution in [3.8, 4) is 0 Å². The van der Waals surface area contributed by atoms with Crippen LogP contribution in [0.4, 0.5) is 11.5 Å². The van der Waals surface area contributed by atoms with Crippen LogP contribution in [0.3, 0.4) is 0 Å². The highest BCUT2D eigenvalue weighted by atomic mass is 16.1. The van der Waals surface area contributed by atoms with Crippen LogP contribution in [0.25, 0.3) is 10.9 Å². The fraction of sp³-hybridized carbons (Fsp3) is 0. The smallest absolute Gasteiger partial charge is 0.256 e. The zero-order valence-electron chi connectivity index (χ0n) is 10.7. The predicted molar refractivity (Wildman–Crippen MR) is 80.6 cm³/mol. The number of nitrogen functional groups attached to an aromatic ring is 1. The van der Waals surface area contributed by atoms with Gasteiger partial charge in [-0.25, -0.2) is 4.98 Å². The first-order chi connectivity index (χ1) is 9.74. The maximum Gasteiger partial charge on any atom is 0.256 e. The molecule has 20 heavy (non-hydrogen) atoms. The minimum absolute atomic E-state index is 0.222. The van der Waals surface area contributed by atoms with E-state index in [2.05, 4.69) is 10.3 Å². The molecule has 3 N–H and O–H groups in total. The van der Waals surface area contributed by atoms with Crippen molar-refractivity contribution in [2.45, 2.75) is 0 Å². The zero-order valence-corrected chi connectivity index (χ0v) is 10.7. The van der Waals surface area contributed by atoms with Gasteiger partial charge in [0.25, 0.3) is 5.91 Å². The number of hydrogen-bond donors (Lipinski definition) is 2. The van der Waals surface area contributed by atoms with Crippen LogP contribution in [0.1, 0.15) is 10.4 Å². The largest absolute Gasteiger partial charge is 0.396 e. The third-order valence-corrected chi connectivity index (χ3v) is 3.02. The van der Waals surface area contributed by atoms with Gasteiger partial charge in [0, 0.05) is 10.9 Å². The Bertz CT molecular complexity index is 769. The van der Waals surface area contributed by atoms with Crippen LogP contribution in [-0.2, 0) is 0 Å². The number of pyridine rings is 1. The van der Waals surface area contributed by atoms with Crippen molar-refractivity contribution in [2.75, 3.05) is 11.1 Å². The Labute approximate surface area is 116 Å². The monoisotopic (exact) mass is 263 g/mol. The van der Waals surface area contributed by atoms with Gasteiger partial charge in [-0.3, -0.25) is 4.79 Å². The number of nitrogens with one attached hydrogen (secondary N) is 1. The first-order valence-corrected chi connectivity index (χ1v) is 6.26. The molecule has 0 aliphatic carbocycles. The highest BCUT2D eigenvalue weighted by molar-refractivity contribution is 6.05. The number of amides is 1. The van der Waals surface area contributed by atoms with E-state index in [0.29, 0.717) is 17.1 Å². The van der Waals surface area contributed by atoms with Gasteiger partial charge in [-0.15, -0.1) is 0 Å². The molecule has 0 unspecified atom stereocenters. The third-order valence-electron chi connectivity index (χ3n) is 3.02. The Balaban J connectivity index is 1.95. The number of anilines is 2. The molecule has 0 bridgehead atoms. The Hall–Kier alpha value is -2.88. The van der Waals surface area contributed by atoms with Gasteiger partial charge in [0.15, 0.2) is 5.82 Å². The average Bonchev–Trinajstić information content (AvgIpc) is 2.49. The third kappa shape index (κ3) is 2.31. The highest BCUT2D eigenvalue weighted by Gasteiger charge is 2.09. The quantitative estimate of drug-likeness (QED) is 0.746. The molecule has 0 saturated heterocycles. The SMILES string of the molecule is Nc1cc2ccccc2nc1NC(=O)c1ccccc1. The Morgan fingerprint density at radius 3 is 2.50 bits per heavy atom. The summed E-state index contributed by atoms with van der Waals surface area (Å²) < 4.78 is 0. The van der Waals surface area contributed by atoms with Gasteiger partial charge >= 0.3 is 0 Å². The summed E-state index contributed by atoms with van der Waals surface area (Å²) in [6, 6.07) is 18.4. The summed E-state index contributed by atoms with van der Waals surface area (Å²) in [5.74, 6) is 0.164. The molecular weight excluding hydrogens is 250 g/mol. The average molecular weight is 263 g/mol. The van der Waals surface area contributed by atoms with E-state index in [1.54, 1.807) is 12.1 Å². The van der Waals surface area contributed by atoms with Crippen LogP contribution in [0.5, 0.6) is 0 Å². The lowest BCUT2D eigenvalue weighted by molar-refractivity contribution is 0.102. The summed E-state index contributed by atoms with van der Waals surface area (Å²) in [5.41, 5.74) is 7.76. The van der Waals surface area contributed by atoms with E-state index < -0.39 is 0 Å². The number of aromatic nitrogens is 1. The van der Waals surface area contributed by atoms with Crippen LogP contribution in [0.2, 0.25) is 0 Å². The molecular formula is C16H13N3O. The predicted octanol–water partition coefficient (Wildman–Crippen LogP) is 3.07.